The zero-order chi connectivity index (χ0) is 16.1. The zero-order valence-corrected chi connectivity index (χ0v) is 16.7. The number of guanidine groups is 1. The highest BCUT2D eigenvalue weighted by Crippen LogP contribution is 2.21. The molecule has 0 atom stereocenters. The van der Waals surface area contributed by atoms with Crippen molar-refractivity contribution >= 4 is 35.8 Å². The summed E-state index contributed by atoms with van der Waals surface area (Å²) in [5.41, 5.74) is 7.14. The van der Waals surface area contributed by atoms with Gasteiger partial charge in [-0.1, -0.05) is 13.0 Å². The quantitative estimate of drug-likeness (QED) is 0.439. The Labute approximate surface area is 161 Å². The van der Waals surface area contributed by atoms with Gasteiger partial charge in [0.1, 0.15) is 5.82 Å². The maximum Gasteiger partial charge on any atom is 0.191 e. The van der Waals surface area contributed by atoms with Gasteiger partial charge in [-0.15, -0.1) is 24.0 Å². The van der Waals surface area contributed by atoms with E-state index in [0.717, 1.165) is 56.7 Å². The van der Waals surface area contributed by atoms with E-state index in [1.54, 1.807) is 0 Å². The van der Waals surface area contributed by atoms with E-state index in [1.165, 1.54) is 12.8 Å². The summed E-state index contributed by atoms with van der Waals surface area (Å²) in [6.07, 6.45) is 4.43. The first-order valence-electron chi connectivity index (χ1n) is 8.55. The Balaban J connectivity index is 0.00000208. The Kier molecular flexibility index (Phi) is 7.54. The number of piperidine rings is 1. The number of halogens is 1. The Hall–Kier alpha value is -1.09. The van der Waals surface area contributed by atoms with Crippen molar-refractivity contribution in [2.75, 3.05) is 44.3 Å². The van der Waals surface area contributed by atoms with Crippen molar-refractivity contribution in [1.29, 1.82) is 0 Å². The molecule has 0 unspecified atom stereocenters. The highest BCUT2D eigenvalue weighted by Gasteiger charge is 2.16. The maximum atomic E-state index is 6.05. The summed E-state index contributed by atoms with van der Waals surface area (Å²) in [4.78, 5) is 13.5. The molecule has 1 aromatic rings. The van der Waals surface area contributed by atoms with Crippen molar-refractivity contribution in [1.82, 2.24) is 9.88 Å². The van der Waals surface area contributed by atoms with Gasteiger partial charge in [0.25, 0.3) is 0 Å². The summed E-state index contributed by atoms with van der Waals surface area (Å²) in [7, 11) is 0. The molecule has 7 heteroatoms. The zero-order valence-electron chi connectivity index (χ0n) is 14.4. The van der Waals surface area contributed by atoms with Crippen LogP contribution < -0.4 is 10.6 Å². The van der Waals surface area contributed by atoms with Crippen LogP contribution in [0.3, 0.4) is 0 Å². The lowest BCUT2D eigenvalue weighted by atomic mass is 9.99. The molecule has 3 heterocycles. The molecule has 2 aliphatic rings. The van der Waals surface area contributed by atoms with Crippen LogP contribution >= 0.6 is 24.0 Å². The largest absolute Gasteiger partial charge is 0.378 e. The number of nitrogens with zero attached hydrogens (tertiary/aromatic N) is 4. The third-order valence-electron chi connectivity index (χ3n) is 4.68. The summed E-state index contributed by atoms with van der Waals surface area (Å²) < 4.78 is 5.32. The van der Waals surface area contributed by atoms with E-state index in [1.807, 2.05) is 6.20 Å². The second-order valence-corrected chi connectivity index (χ2v) is 6.47. The number of pyridine rings is 1. The van der Waals surface area contributed by atoms with Gasteiger partial charge < -0.3 is 20.3 Å². The Bertz CT molecular complexity index is 522. The number of aromatic nitrogens is 1. The van der Waals surface area contributed by atoms with Gasteiger partial charge in [-0.2, -0.15) is 0 Å². The minimum atomic E-state index is 0. The molecule has 2 saturated heterocycles. The number of rotatable bonds is 3. The van der Waals surface area contributed by atoms with Crippen molar-refractivity contribution < 1.29 is 4.74 Å². The fraction of sp³-hybridized carbons (Fsp3) is 0.647. The summed E-state index contributed by atoms with van der Waals surface area (Å²) >= 11 is 0. The molecule has 0 amide bonds. The van der Waals surface area contributed by atoms with E-state index in [9.17, 15) is 0 Å². The van der Waals surface area contributed by atoms with Crippen LogP contribution in [0.15, 0.2) is 23.3 Å². The average molecular weight is 445 g/mol. The number of hydrogen-bond acceptors (Lipinski definition) is 4. The Morgan fingerprint density at radius 2 is 1.96 bits per heavy atom. The van der Waals surface area contributed by atoms with Crippen LogP contribution in [0.1, 0.15) is 25.3 Å². The summed E-state index contributed by atoms with van der Waals surface area (Å²) in [6.45, 7) is 8.20. The van der Waals surface area contributed by atoms with Gasteiger partial charge in [-0.25, -0.2) is 9.98 Å². The van der Waals surface area contributed by atoms with Gasteiger partial charge in [0, 0.05) is 32.4 Å². The van der Waals surface area contributed by atoms with Gasteiger partial charge >= 0.3 is 0 Å². The smallest absolute Gasteiger partial charge is 0.191 e. The third kappa shape index (κ3) is 5.20. The van der Waals surface area contributed by atoms with Crippen LogP contribution in [0.5, 0.6) is 0 Å². The highest BCUT2D eigenvalue weighted by molar-refractivity contribution is 14.0. The lowest BCUT2D eigenvalue weighted by molar-refractivity contribution is 0.0674. The van der Waals surface area contributed by atoms with Crippen LogP contribution in [-0.2, 0) is 11.3 Å². The molecule has 6 nitrogen and oxygen atoms in total. The monoisotopic (exact) mass is 445 g/mol. The molecule has 2 aliphatic heterocycles. The molecule has 2 N–H and O–H groups in total. The topological polar surface area (TPSA) is 67.0 Å². The summed E-state index contributed by atoms with van der Waals surface area (Å²) in [5.74, 6) is 2.51. The third-order valence-corrected chi connectivity index (χ3v) is 4.68. The number of hydrogen-bond donors (Lipinski definition) is 1. The number of nitrogens with two attached hydrogens (primary N) is 1. The van der Waals surface area contributed by atoms with Gasteiger partial charge in [-0.05, 0) is 30.4 Å². The molecular weight excluding hydrogens is 417 g/mol. The second kappa shape index (κ2) is 9.41. The van der Waals surface area contributed by atoms with Crippen molar-refractivity contribution in [3.63, 3.8) is 0 Å². The number of aliphatic imine (C=N–C) groups is 1. The highest BCUT2D eigenvalue weighted by atomic mass is 127. The van der Waals surface area contributed by atoms with Gasteiger partial charge in [0.05, 0.1) is 19.8 Å². The van der Waals surface area contributed by atoms with Crippen LogP contribution in [0.25, 0.3) is 0 Å². The standard InChI is InChI=1S/C17H27N5O.HI/c1-14-4-6-21(7-5-14)16-3-2-15(12-19-16)13-20-17(18)22-8-10-23-11-9-22;/h2-3,12,14H,4-11,13H2,1H3,(H2,18,20);1H. The van der Waals surface area contributed by atoms with Crippen molar-refractivity contribution in [3.8, 4) is 0 Å². The predicted molar refractivity (Wildman–Crippen MR) is 108 cm³/mol. The van der Waals surface area contributed by atoms with E-state index in [0.29, 0.717) is 12.5 Å². The molecule has 0 spiro atoms. The number of morpholine rings is 1. The fourth-order valence-corrected chi connectivity index (χ4v) is 3.00. The van der Waals surface area contributed by atoms with E-state index in [4.69, 9.17) is 10.5 Å². The minimum Gasteiger partial charge on any atom is -0.378 e. The first kappa shape index (κ1) is 19.2. The average Bonchev–Trinajstić information content (AvgIpc) is 2.61. The molecule has 0 bridgehead atoms. The van der Waals surface area contributed by atoms with Crippen molar-refractivity contribution in [2.24, 2.45) is 16.6 Å². The predicted octanol–water partition coefficient (Wildman–Crippen LogP) is 2.08. The van der Waals surface area contributed by atoms with Crippen LogP contribution in [-0.4, -0.2) is 55.2 Å². The van der Waals surface area contributed by atoms with Crippen molar-refractivity contribution in [2.45, 2.75) is 26.3 Å². The molecule has 134 valence electrons. The van der Waals surface area contributed by atoms with E-state index >= 15 is 0 Å². The van der Waals surface area contributed by atoms with Crippen LogP contribution in [0.4, 0.5) is 5.82 Å². The van der Waals surface area contributed by atoms with Gasteiger partial charge in [0.2, 0.25) is 0 Å². The number of ether oxygens (including phenoxy) is 1. The fourth-order valence-electron chi connectivity index (χ4n) is 3.00. The molecule has 2 fully saturated rings. The summed E-state index contributed by atoms with van der Waals surface area (Å²) in [6, 6.07) is 4.21. The Morgan fingerprint density at radius 3 is 2.58 bits per heavy atom. The SMILES string of the molecule is CC1CCN(c2ccc(CN=C(N)N3CCOCC3)cn2)CC1.I. The van der Waals surface area contributed by atoms with E-state index in [2.05, 4.69) is 38.8 Å². The minimum absolute atomic E-state index is 0. The van der Waals surface area contributed by atoms with E-state index in [-0.39, 0.29) is 24.0 Å². The summed E-state index contributed by atoms with van der Waals surface area (Å²) in [5, 5.41) is 0. The number of anilines is 1. The molecule has 0 aliphatic carbocycles. The van der Waals surface area contributed by atoms with Crippen LogP contribution in [0.2, 0.25) is 0 Å². The van der Waals surface area contributed by atoms with Gasteiger partial charge in [-0.3, -0.25) is 0 Å². The van der Waals surface area contributed by atoms with E-state index < -0.39 is 0 Å². The molecular formula is C17H28IN5O. The Morgan fingerprint density at radius 1 is 1.25 bits per heavy atom. The molecule has 24 heavy (non-hydrogen) atoms. The first-order chi connectivity index (χ1) is 11.2. The molecule has 0 aromatic carbocycles. The van der Waals surface area contributed by atoms with Crippen molar-refractivity contribution in [3.05, 3.63) is 23.9 Å². The molecule has 3 rings (SSSR count). The lowest BCUT2D eigenvalue weighted by Crippen LogP contribution is -2.44. The first-order valence-corrected chi connectivity index (χ1v) is 8.55. The second-order valence-electron chi connectivity index (χ2n) is 6.47. The molecule has 1 aromatic heterocycles. The maximum absolute atomic E-state index is 6.05. The van der Waals surface area contributed by atoms with Gasteiger partial charge in [0.15, 0.2) is 5.96 Å². The normalized spacial score (nSPS) is 20.0. The molecule has 0 radical (unpaired) electrons. The lowest BCUT2D eigenvalue weighted by Gasteiger charge is -2.31. The van der Waals surface area contributed by atoms with Crippen LogP contribution in [0, 0.1) is 5.92 Å². The molecule has 0 saturated carbocycles.